The van der Waals surface area contributed by atoms with E-state index in [1.54, 1.807) is 0 Å². The van der Waals surface area contributed by atoms with E-state index >= 15 is 0 Å². The quantitative estimate of drug-likeness (QED) is 0.810. The van der Waals surface area contributed by atoms with Crippen LogP contribution < -0.4 is 10.6 Å². The van der Waals surface area contributed by atoms with Gasteiger partial charge in [-0.15, -0.1) is 0 Å². The van der Waals surface area contributed by atoms with Crippen molar-refractivity contribution in [3.8, 4) is 0 Å². The van der Waals surface area contributed by atoms with Crippen molar-refractivity contribution in [1.29, 1.82) is 0 Å². The van der Waals surface area contributed by atoms with Gasteiger partial charge in [-0.3, -0.25) is 4.79 Å². The Balaban J connectivity index is 2.27. The average molecular weight is 254 g/mol. The van der Waals surface area contributed by atoms with Crippen LogP contribution in [0, 0.1) is 5.41 Å². The Morgan fingerprint density at radius 3 is 2.50 bits per heavy atom. The van der Waals surface area contributed by atoms with Gasteiger partial charge in [0.15, 0.2) is 0 Å². The molecule has 0 saturated heterocycles. The van der Waals surface area contributed by atoms with Crippen LogP contribution in [0.25, 0.3) is 0 Å². The SMILES string of the molecule is CC(C)(C)NC(=O)CCNC1CCCCC1(C)C. The van der Waals surface area contributed by atoms with Crippen LogP contribution in [-0.2, 0) is 4.79 Å². The summed E-state index contributed by atoms with van der Waals surface area (Å²) < 4.78 is 0. The largest absolute Gasteiger partial charge is 0.351 e. The molecule has 0 aliphatic heterocycles. The lowest BCUT2D eigenvalue weighted by Gasteiger charge is -2.39. The molecule has 1 aliphatic rings. The van der Waals surface area contributed by atoms with Gasteiger partial charge in [-0.05, 0) is 39.0 Å². The molecule has 0 spiro atoms. The van der Waals surface area contributed by atoms with Gasteiger partial charge < -0.3 is 10.6 Å². The predicted octanol–water partition coefficient (Wildman–Crippen LogP) is 2.85. The molecule has 2 N–H and O–H groups in total. The fraction of sp³-hybridized carbons (Fsp3) is 0.933. The van der Waals surface area contributed by atoms with Gasteiger partial charge >= 0.3 is 0 Å². The van der Waals surface area contributed by atoms with Crippen molar-refractivity contribution in [2.75, 3.05) is 6.54 Å². The Morgan fingerprint density at radius 2 is 1.94 bits per heavy atom. The molecular formula is C15H30N2O. The average Bonchev–Trinajstić information content (AvgIpc) is 2.17. The fourth-order valence-corrected chi connectivity index (χ4v) is 2.71. The third kappa shape index (κ3) is 5.38. The number of hydrogen-bond acceptors (Lipinski definition) is 2. The summed E-state index contributed by atoms with van der Waals surface area (Å²) in [6.07, 6.45) is 5.77. The van der Waals surface area contributed by atoms with Crippen molar-refractivity contribution in [2.24, 2.45) is 5.41 Å². The highest BCUT2D eigenvalue weighted by atomic mass is 16.1. The van der Waals surface area contributed by atoms with Gasteiger partial charge in [-0.1, -0.05) is 26.7 Å². The predicted molar refractivity (Wildman–Crippen MR) is 76.6 cm³/mol. The van der Waals surface area contributed by atoms with E-state index in [0.29, 0.717) is 17.9 Å². The van der Waals surface area contributed by atoms with Gasteiger partial charge in [0, 0.05) is 24.5 Å². The molecule has 3 nitrogen and oxygen atoms in total. The molecule has 0 aromatic heterocycles. The minimum Gasteiger partial charge on any atom is -0.351 e. The Bertz CT molecular complexity index is 279. The molecule has 0 bridgehead atoms. The molecule has 0 aromatic carbocycles. The maximum atomic E-state index is 11.7. The molecule has 1 fully saturated rings. The number of amides is 1. The van der Waals surface area contributed by atoms with E-state index in [2.05, 4.69) is 24.5 Å². The molecule has 1 aliphatic carbocycles. The van der Waals surface area contributed by atoms with Gasteiger partial charge in [0.1, 0.15) is 0 Å². The highest BCUT2D eigenvalue weighted by molar-refractivity contribution is 5.76. The first kappa shape index (κ1) is 15.5. The molecule has 3 heteroatoms. The van der Waals surface area contributed by atoms with Crippen molar-refractivity contribution in [2.45, 2.75) is 78.3 Å². The Kier molecular flexibility index (Phi) is 5.20. The van der Waals surface area contributed by atoms with E-state index in [1.165, 1.54) is 25.7 Å². The first-order valence-electron chi connectivity index (χ1n) is 7.25. The molecule has 18 heavy (non-hydrogen) atoms. The number of rotatable bonds is 4. The second kappa shape index (κ2) is 6.05. The van der Waals surface area contributed by atoms with Crippen LogP contribution in [0.2, 0.25) is 0 Å². The van der Waals surface area contributed by atoms with Crippen molar-refractivity contribution < 1.29 is 4.79 Å². The smallest absolute Gasteiger partial charge is 0.221 e. The van der Waals surface area contributed by atoms with Crippen molar-refractivity contribution in [3.05, 3.63) is 0 Å². The number of nitrogens with one attached hydrogen (secondary N) is 2. The number of carbonyl (C=O) groups is 1. The van der Waals surface area contributed by atoms with Gasteiger partial charge in [0.2, 0.25) is 5.91 Å². The second-order valence-corrected chi connectivity index (χ2v) is 7.29. The molecule has 106 valence electrons. The molecule has 1 unspecified atom stereocenters. The first-order chi connectivity index (χ1) is 8.21. The molecule has 0 heterocycles. The van der Waals surface area contributed by atoms with E-state index in [-0.39, 0.29) is 11.4 Å². The summed E-state index contributed by atoms with van der Waals surface area (Å²) in [6, 6.07) is 0.564. The second-order valence-electron chi connectivity index (χ2n) is 7.29. The zero-order valence-electron chi connectivity index (χ0n) is 12.7. The van der Waals surface area contributed by atoms with Crippen LogP contribution in [0.15, 0.2) is 0 Å². The molecule has 1 atom stereocenters. The third-order valence-corrected chi connectivity index (χ3v) is 3.76. The Labute approximate surface area is 112 Å². The minimum absolute atomic E-state index is 0.124. The van der Waals surface area contributed by atoms with Gasteiger partial charge in [0.25, 0.3) is 0 Å². The number of carbonyl (C=O) groups excluding carboxylic acids is 1. The highest BCUT2D eigenvalue weighted by Crippen LogP contribution is 2.35. The van der Waals surface area contributed by atoms with Gasteiger partial charge in [0.05, 0.1) is 0 Å². The number of hydrogen-bond donors (Lipinski definition) is 2. The summed E-state index contributed by atoms with van der Waals surface area (Å²) in [6.45, 7) is 11.5. The molecule has 0 aromatic rings. The minimum atomic E-state index is -0.124. The summed E-state index contributed by atoms with van der Waals surface area (Å²) in [7, 11) is 0. The molecule has 1 rings (SSSR count). The molecule has 1 amide bonds. The fourth-order valence-electron chi connectivity index (χ4n) is 2.71. The summed E-state index contributed by atoms with van der Waals surface area (Å²) in [5.41, 5.74) is 0.250. The zero-order valence-corrected chi connectivity index (χ0v) is 12.7. The molecular weight excluding hydrogens is 224 g/mol. The van der Waals surface area contributed by atoms with Crippen LogP contribution in [-0.4, -0.2) is 24.0 Å². The Morgan fingerprint density at radius 1 is 1.28 bits per heavy atom. The maximum Gasteiger partial charge on any atom is 0.221 e. The summed E-state index contributed by atoms with van der Waals surface area (Å²) in [5.74, 6) is 0.142. The van der Waals surface area contributed by atoms with Crippen LogP contribution >= 0.6 is 0 Å². The first-order valence-corrected chi connectivity index (χ1v) is 7.25. The van der Waals surface area contributed by atoms with E-state index < -0.39 is 0 Å². The normalized spacial score (nSPS) is 23.7. The van der Waals surface area contributed by atoms with Crippen LogP contribution in [0.4, 0.5) is 0 Å². The summed E-state index contributed by atoms with van der Waals surface area (Å²) >= 11 is 0. The third-order valence-electron chi connectivity index (χ3n) is 3.76. The monoisotopic (exact) mass is 254 g/mol. The Hall–Kier alpha value is -0.570. The van der Waals surface area contributed by atoms with Crippen LogP contribution in [0.3, 0.4) is 0 Å². The summed E-state index contributed by atoms with van der Waals surface area (Å²) in [5, 5.41) is 6.57. The van der Waals surface area contributed by atoms with E-state index in [4.69, 9.17) is 0 Å². The van der Waals surface area contributed by atoms with Crippen LogP contribution in [0.5, 0.6) is 0 Å². The zero-order chi connectivity index (χ0) is 13.8. The maximum absolute atomic E-state index is 11.7. The van der Waals surface area contributed by atoms with Crippen molar-refractivity contribution in [3.63, 3.8) is 0 Å². The van der Waals surface area contributed by atoms with Crippen molar-refractivity contribution >= 4 is 5.91 Å². The molecule has 1 saturated carbocycles. The lowest BCUT2D eigenvalue weighted by Crippen LogP contribution is -2.46. The molecule has 0 radical (unpaired) electrons. The lowest BCUT2D eigenvalue weighted by molar-refractivity contribution is -0.122. The summed E-state index contributed by atoms with van der Waals surface area (Å²) in [4.78, 5) is 11.7. The van der Waals surface area contributed by atoms with E-state index in [1.807, 2.05) is 20.8 Å². The van der Waals surface area contributed by atoms with Crippen molar-refractivity contribution in [1.82, 2.24) is 10.6 Å². The standard InChI is InChI=1S/C15H30N2O/c1-14(2,3)17-13(18)9-11-16-12-8-6-7-10-15(12,4)5/h12,16H,6-11H2,1-5H3,(H,17,18). The van der Waals surface area contributed by atoms with Crippen LogP contribution in [0.1, 0.15) is 66.7 Å². The van der Waals surface area contributed by atoms with Gasteiger partial charge in [-0.2, -0.15) is 0 Å². The topological polar surface area (TPSA) is 41.1 Å². The van der Waals surface area contributed by atoms with Gasteiger partial charge in [-0.25, -0.2) is 0 Å². The highest BCUT2D eigenvalue weighted by Gasteiger charge is 2.31. The lowest BCUT2D eigenvalue weighted by atomic mass is 9.73. The van der Waals surface area contributed by atoms with E-state index in [9.17, 15) is 4.79 Å². The van der Waals surface area contributed by atoms with E-state index in [0.717, 1.165) is 6.54 Å².